The van der Waals surface area contributed by atoms with Crippen LogP contribution < -0.4 is 10.2 Å². The summed E-state index contributed by atoms with van der Waals surface area (Å²) >= 11 is -2.69. The van der Waals surface area contributed by atoms with Gasteiger partial charge in [-0.05, 0) is 73.0 Å². The van der Waals surface area contributed by atoms with Crippen LogP contribution >= 0.6 is 0 Å². The number of carbonyl (C=O) groups excluding carboxylic acids is 1. The number of fused-ring (bicyclic) bond motifs is 1. The summed E-state index contributed by atoms with van der Waals surface area (Å²) in [5.74, 6) is 4.75. The lowest BCUT2D eigenvalue weighted by molar-refractivity contribution is -0.149. The predicted molar refractivity (Wildman–Crippen MR) is 160 cm³/mol. The van der Waals surface area contributed by atoms with E-state index < -0.39 is 23.3 Å². The Bertz CT molecular complexity index is 1490. The summed E-state index contributed by atoms with van der Waals surface area (Å²) in [6.07, 6.45) is 0. The zero-order chi connectivity index (χ0) is 29.7. The molecule has 9 nitrogen and oxygen atoms in total. The third-order valence-corrected chi connectivity index (χ3v) is 7.70. The first-order chi connectivity index (χ1) is 19.5. The molecule has 0 aromatic heterocycles. The number of nitrogens with zero attached hydrogens (tertiary/aromatic N) is 3. The Labute approximate surface area is 243 Å². The fraction of sp³-hybridized carbons (Fsp3) is 0.355. The Kier molecular flexibility index (Phi) is 9.78. The van der Waals surface area contributed by atoms with Crippen LogP contribution in [-0.2, 0) is 16.1 Å². The van der Waals surface area contributed by atoms with Crippen LogP contribution in [0.25, 0.3) is 10.8 Å². The van der Waals surface area contributed by atoms with Crippen molar-refractivity contribution in [3.05, 3.63) is 77.4 Å². The number of hydrogen-bond acceptors (Lipinski definition) is 6. The molecule has 0 radical (unpaired) electrons. The number of benzene rings is 3. The number of aliphatic carboxylic acids is 1. The number of nitrogens with one attached hydrogen (secondary N) is 1. The Balaban J connectivity index is 1.44. The first kappa shape index (κ1) is 30.2. The number of carboxylic acids is 1. The molecule has 1 fully saturated rings. The topological polar surface area (TPSA) is 116 Å². The number of carboxylic acid groups (broad SMARTS) is 1. The second-order valence-electron chi connectivity index (χ2n) is 10.7. The van der Waals surface area contributed by atoms with Gasteiger partial charge in [-0.3, -0.25) is 13.8 Å². The average Bonchev–Trinajstić information content (AvgIpc) is 2.93. The summed E-state index contributed by atoms with van der Waals surface area (Å²) in [4.78, 5) is 26.6. The lowest BCUT2D eigenvalue weighted by Gasteiger charge is -2.45. The van der Waals surface area contributed by atoms with Crippen molar-refractivity contribution in [3.63, 3.8) is 0 Å². The van der Waals surface area contributed by atoms with Crippen molar-refractivity contribution in [3.8, 4) is 11.8 Å². The minimum absolute atomic E-state index is 0.0415. The smallest absolute Gasteiger partial charge is 0.323 e. The molecule has 2 atom stereocenters. The maximum atomic E-state index is 12.7. The molecule has 1 heterocycles. The van der Waals surface area contributed by atoms with E-state index in [1.54, 1.807) is 18.9 Å². The van der Waals surface area contributed by atoms with Crippen LogP contribution in [0.1, 0.15) is 49.2 Å². The van der Waals surface area contributed by atoms with Crippen LogP contribution in [0.4, 0.5) is 5.69 Å². The van der Waals surface area contributed by atoms with E-state index in [1.807, 2.05) is 74.5 Å². The zero-order valence-electron chi connectivity index (χ0n) is 23.7. The highest BCUT2D eigenvalue weighted by Crippen LogP contribution is 2.23. The first-order valence-electron chi connectivity index (χ1n) is 13.6. The molecule has 2 unspecified atom stereocenters. The van der Waals surface area contributed by atoms with Crippen molar-refractivity contribution in [2.24, 2.45) is 5.92 Å². The van der Waals surface area contributed by atoms with Gasteiger partial charge in [0, 0.05) is 65.9 Å². The van der Waals surface area contributed by atoms with Crippen LogP contribution in [0, 0.1) is 17.8 Å². The van der Waals surface area contributed by atoms with Crippen LogP contribution in [0.3, 0.4) is 0 Å². The van der Waals surface area contributed by atoms with Gasteiger partial charge in [0.05, 0.1) is 0 Å². The summed E-state index contributed by atoms with van der Waals surface area (Å²) in [5.41, 5.74) is 3.25. The fourth-order valence-electron chi connectivity index (χ4n) is 4.94. The van der Waals surface area contributed by atoms with E-state index in [-0.39, 0.29) is 17.9 Å². The molecular weight excluding hydrogens is 540 g/mol. The minimum atomic E-state index is -2.69. The van der Waals surface area contributed by atoms with E-state index in [1.165, 1.54) is 0 Å². The maximum Gasteiger partial charge on any atom is 0.323 e. The van der Waals surface area contributed by atoms with E-state index in [2.05, 4.69) is 22.1 Å². The highest BCUT2D eigenvalue weighted by molar-refractivity contribution is 7.76. The Hall–Kier alpha value is -3.75. The van der Waals surface area contributed by atoms with E-state index in [0.29, 0.717) is 31.7 Å². The van der Waals surface area contributed by atoms with Gasteiger partial charge < -0.3 is 19.9 Å². The number of anilines is 1. The third kappa shape index (κ3) is 7.31. The molecule has 216 valence electrons. The summed E-state index contributed by atoms with van der Waals surface area (Å²) in [6.45, 7) is 9.12. The van der Waals surface area contributed by atoms with Crippen LogP contribution in [0.5, 0.6) is 0 Å². The van der Waals surface area contributed by atoms with Crippen molar-refractivity contribution in [1.82, 2.24) is 14.7 Å². The SMILES string of the molecule is CC(C)NC(=O)c1cccc2ccc(C#Cc3ccc(N4CCN(N(C(C(=O)O)C(C)C)S(=O)[O-])CC4)cc3)cc12. The molecule has 1 aliphatic rings. The van der Waals surface area contributed by atoms with Gasteiger partial charge in [-0.2, -0.15) is 4.41 Å². The van der Waals surface area contributed by atoms with Gasteiger partial charge in [-0.15, -0.1) is 0 Å². The summed E-state index contributed by atoms with van der Waals surface area (Å²) in [6, 6.07) is 18.3. The number of hydrogen-bond donors (Lipinski definition) is 2. The lowest BCUT2D eigenvalue weighted by Crippen LogP contribution is -2.60. The summed E-state index contributed by atoms with van der Waals surface area (Å²) in [7, 11) is 0. The van der Waals surface area contributed by atoms with Crippen molar-refractivity contribution in [1.29, 1.82) is 0 Å². The molecule has 1 amide bonds. The minimum Gasteiger partial charge on any atom is -0.759 e. The van der Waals surface area contributed by atoms with Crippen LogP contribution in [0.2, 0.25) is 0 Å². The van der Waals surface area contributed by atoms with Gasteiger partial charge in [0.25, 0.3) is 5.91 Å². The second-order valence-corrected chi connectivity index (χ2v) is 11.5. The Morgan fingerprint density at radius 2 is 1.59 bits per heavy atom. The molecule has 3 aromatic rings. The van der Waals surface area contributed by atoms with Crippen molar-refractivity contribution in [2.75, 3.05) is 31.1 Å². The average molecular weight is 576 g/mol. The molecule has 0 spiro atoms. The molecule has 41 heavy (non-hydrogen) atoms. The van der Waals surface area contributed by atoms with Crippen LogP contribution in [0.15, 0.2) is 60.7 Å². The van der Waals surface area contributed by atoms with E-state index >= 15 is 0 Å². The Morgan fingerprint density at radius 1 is 0.951 bits per heavy atom. The van der Waals surface area contributed by atoms with Gasteiger partial charge in [0.2, 0.25) is 0 Å². The number of piperazine rings is 1. The quantitative estimate of drug-likeness (QED) is 0.311. The Morgan fingerprint density at radius 3 is 2.17 bits per heavy atom. The number of hydrazine groups is 1. The van der Waals surface area contributed by atoms with Crippen molar-refractivity contribution in [2.45, 2.75) is 39.8 Å². The summed E-state index contributed by atoms with van der Waals surface area (Å²) < 4.78 is 24.8. The first-order valence-corrected chi connectivity index (χ1v) is 14.6. The standard InChI is InChI=1S/C31H36N4O5S/c1-21(2)29(31(37)38)35(41(39)40)34-18-16-33(17-19-34)26-14-11-23(12-15-26)8-9-24-10-13-25-6-5-7-27(28(25)20-24)30(36)32-22(3)4/h5-7,10-15,20-22,29H,16-19H2,1-4H3,(H,32,36)(H,37,38)(H,39,40)/p-1. The normalized spacial score (nSPS) is 15.6. The predicted octanol–water partition coefficient (Wildman–Crippen LogP) is 3.62. The van der Waals surface area contributed by atoms with Gasteiger partial charge in [0.15, 0.2) is 0 Å². The number of carbonyl (C=O) groups is 2. The fourth-order valence-corrected chi connectivity index (χ4v) is 5.81. The number of rotatable bonds is 8. The third-order valence-electron chi connectivity index (χ3n) is 6.94. The van der Waals surface area contributed by atoms with Gasteiger partial charge in [0.1, 0.15) is 6.04 Å². The summed E-state index contributed by atoms with van der Waals surface area (Å²) in [5, 5.41) is 16.0. The largest absolute Gasteiger partial charge is 0.759 e. The second kappa shape index (κ2) is 13.3. The number of amides is 1. The molecule has 10 heteroatoms. The highest BCUT2D eigenvalue weighted by Gasteiger charge is 2.35. The molecule has 1 saturated heterocycles. The molecule has 4 rings (SSSR count). The van der Waals surface area contributed by atoms with Gasteiger partial charge in [-0.1, -0.05) is 43.9 Å². The monoisotopic (exact) mass is 575 g/mol. The van der Waals surface area contributed by atoms with E-state index in [4.69, 9.17) is 0 Å². The lowest BCUT2D eigenvalue weighted by atomic mass is 10.0. The van der Waals surface area contributed by atoms with Gasteiger partial charge in [-0.25, -0.2) is 5.01 Å². The van der Waals surface area contributed by atoms with E-state index in [0.717, 1.165) is 32.0 Å². The molecule has 0 saturated carbocycles. The zero-order valence-corrected chi connectivity index (χ0v) is 24.5. The van der Waals surface area contributed by atoms with Gasteiger partial charge >= 0.3 is 5.97 Å². The molecule has 1 aliphatic heterocycles. The molecule has 3 aromatic carbocycles. The van der Waals surface area contributed by atoms with E-state index in [9.17, 15) is 23.5 Å². The molecular formula is C31H35N4O5S-. The van der Waals surface area contributed by atoms with Crippen molar-refractivity contribution < 1.29 is 23.5 Å². The highest BCUT2D eigenvalue weighted by atomic mass is 32.2. The maximum absolute atomic E-state index is 12.7. The molecule has 0 aliphatic carbocycles. The molecule has 2 N–H and O–H groups in total. The molecule has 0 bridgehead atoms. The van der Waals surface area contributed by atoms with Crippen molar-refractivity contribution >= 4 is 39.6 Å². The van der Waals surface area contributed by atoms with Crippen LogP contribution in [-0.4, -0.2) is 73.4 Å².